The Bertz CT molecular complexity index is 1060. The molecule has 0 saturated carbocycles. The number of aliphatic hydroxyl groups excluding tert-OH is 1. The lowest BCUT2D eigenvalue weighted by atomic mass is 9.84. The number of halogens is 3. The Morgan fingerprint density at radius 3 is 2.15 bits per heavy atom. The molecule has 0 bridgehead atoms. The molecule has 3 aromatic carbocycles. The first-order valence-corrected chi connectivity index (χ1v) is 11.2. The number of nitrogens with zero attached hydrogens (tertiary/aromatic N) is 1. The van der Waals surface area contributed by atoms with Crippen LogP contribution in [0.3, 0.4) is 0 Å². The molecule has 0 radical (unpaired) electrons. The van der Waals surface area contributed by atoms with E-state index in [-0.39, 0.29) is 17.7 Å². The van der Waals surface area contributed by atoms with Gasteiger partial charge in [0, 0.05) is 19.0 Å². The standard InChI is InChI=1S/C28H28F3NO/c1-20(33)17-22-15-16-32(27(18-22)25-11-13-26(14-12-25)28(29,30)31)19-21-7-9-24(10-8-21)23-5-3-2-4-6-23/h2-14,22,27,33H,1,15-19H2/t22-,27-/m1/s1. The quantitative estimate of drug-likeness (QED) is 0.387. The predicted molar refractivity (Wildman–Crippen MR) is 126 cm³/mol. The van der Waals surface area contributed by atoms with Crippen molar-refractivity contribution in [3.63, 3.8) is 0 Å². The number of likely N-dealkylation sites (tertiary alicyclic amines) is 1. The summed E-state index contributed by atoms with van der Waals surface area (Å²) in [6, 6.07) is 24.1. The van der Waals surface area contributed by atoms with Gasteiger partial charge in [0.25, 0.3) is 0 Å². The number of rotatable bonds is 6. The van der Waals surface area contributed by atoms with E-state index in [2.05, 4.69) is 47.9 Å². The second kappa shape index (κ2) is 9.84. The van der Waals surface area contributed by atoms with Crippen molar-refractivity contribution in [2.75, 3.05) is 6.54 Å². The lowest BCUT2D eigenvalue weighted by Crippen LogP contribution is -2.36. The second-order valence-electron chi connectivity index (χ2n) is 8.83. The maximum atomic E-state index is 13.0. The number of allylic oxidation sites excluding steroid dienone is 1. The molecule has 172 valence electrons. The molecule has 2 atom stereocenters. The van der Waals surface area contributed by atoms with Gasteiger partial charge in [0.1, 0.15) is 0 Å². The van der Waals surface area contributed by atoms with Gasteiger partial charge in [-0.3, -0.25) is 4.90 Å². The van der Waals surface area contributed by atoms with Crippen LogP contribution in [0.2, 0.25) is 0 Å². The zero-order valence-corrected chi connectivity index (χ0v) is 18.4. The SMILES string of the molecule is C=C(O)C[C@H]1CCN(Cc2ccc(-c3ccccc3)cc2)[C@@H](c2ccc(C(F)(F)F)cc2)C1. The highest BCUT2D eigenvalue weighted by molar-refractivity contribution is 5.63. The molecule has 2 nitrogen and oxygen atoms in total. The normalized spacial score (nSPS) is 19.4. The molecule has 1 fully saturated rings. The summed E-state index contributed by atoms with van der Waals surface area (Å²) < 4.78 is 39.1. The van der Waals surface area contributed by atoms with E-state index in [1.165, 1.54) is 0 Å². The van der Waals surface area contributed by atoms with Crippen LogP contribution in [0.1, 0.15) is 42.0 Å². The summed E-state index contributed by atoms with van der Waals surface area (Å²) in [6.45, 7) is 5.15. The van der Waals surface area contributed by atoms with Gasteiger partial charge < -0.3 is 5.11 Å². The maximum absolute atomic E-state index is 13.0. The van der Waals surface area contributed by atoms with E-state index in [9.17, 15) is 18.3 Å². The van der Waals surface area contributed by atoms with Gasteiger partial charge in [-0.05, 0) is 59.7 Å². The van der Waals surface area contributed by atoms with Crippen molar-refractivity contribution in [3.05, 3.63) is 108 Å². The minimum atomic E-state index is -4.34. The van der Waals surface area contributed by atoms with Crippen molar-refractivity contribution in [1.82, 2.24) is 4.90 Å². The second-order valence-corrected chi connectivity index (χ2v) is 8.83. The van der Waals surface area contributed by atoms with E-state index in [0.29, 0.717) is 13.0 Å². The first-order valence-electron chi connectivity index (χ1n) is 11.2. The Labute approximate surface area is 193 Å². The third-order valence-electron chi connectivity index (χ3n) is 6.42. The first-order chi connectivity index (χ1) is 15.8. The summed E-state index contributed by atoms with van der Waals surface area (Å²) in [5.74, 6) is 0.419. The Hall–Kier alpha value is -3.05. The van der Waals surface area contributed by atoms with Gasteiger partial charge >= 0.3 is 6.18 Å². The molecule has 4 rings (SSSR count). The van der Waals surface area contributed by atoms with Crippen molar-refractivity contribution < 1.29 is 18.3 Å². The third kappa shape index (κ3) is 5.85. The van der Waals surface area contributed by atoms with Gasteiger partial charge in [-0.25, -0.2) is 0 Å². The highest BCUT2D eigenvalue weighted by Crippen LogP contribution is 2.39. The fourth-order valence-electron chi connectivity index (χ4n) is 4.70. The van der Waals surface area contributed by atoms with Crippen LogP contribution in [0.4, 0.5) is 13.2 Å². The lowest BCUT2D eigenvalue weighted by molar-refractivity contribution is -0.137. The van der Waals surface area contributed by atoms with Crippen LogP contribution < -0.4 is 0 Å². The molecule has 1 aliphatic heterocycles. The molecule has 1 saturated heterocycles. The number of alkyl halides is 3. The highest BCUT2D eigenvalue weighted by Gasteiger charge is 2.33. The molecule has 0 amide bonds. The molecule has 1 N–H and O–H groups in total. The topological polar surface area (TPSA) is 23.5 Å². The van der Waals surface area contributed by atoms with Crippen LogP contribution >= 0.6 is 0 Å². The van der Waals surface area contributed by atoms with Crippen molar-refractivity contribution in [1.29, 1.82) is 0 Å². The minimum Gasteiger partial charge on any atom is -0.513 e. The molecule has 0 aliphatic carbocycles. The molecule has 0 aromatic heterocycles. The largest absolute Gasteiger partial charge is 0.513 e. The number of hydrogen-bond donors (Lipinski definition) is 1. The summed E-state index contributed by atoms with van der Waals surface area (Å²) in [5.41, 5.74) is 3.72. The van der Waals surface area contributed by atoms with Crippen molar-refractivity contribution in [2.24, 2.45) is 5.92 Å². The zero-order valence-electron chi connectivity index (χ0n) is 18.4. The van der Waals surface area contributed by atoms with Crippen molar-refractivity contribution in [3.8, 4) is 11.1 Å². The van der Waals surface area contributed by atoms with Crippen LogP contribution in [-0.4, -0.2) is 16.6 Å². The molecule has 5 heteroatoms. The molecule has 1 heterocycles. The van der Waals surface area contributed by atoms with Crippen molar-refractivity contribution >= 4 is 0 Å². The molecule has 0 unspecified atom stereocenters. The van der Waals surface area contributed by atoms with Gasteiger partial charge in [0.05, 0.1) is 11.3 Å². The smallest absolute Gasteiger partial charge is 0.416 e. The molecule has 3 aromatic rings. The van der Waals surface area contributed by atoms with Crippen LogP contribution in [0.25, 0.3) is 11.1 Å². The van der Waals surface area contributed by atoms with Crippen LogP contribution in [0.5, 0.6) is 0 Å². The molecular weight excluding hydrogens is 423 g/mol. The van der Waals surface area contributed by atoms with Crippen LogP contribution in [0.15, 0.2) is 91.2 Å². The van der Waals surface area contributed by atoms with E-state index in [0.717, 1.165) is 53.8 Å². The molecular formula is C28H28F3NO. The van der Waals surface area contributed by atoms with Gasteiger partial charge in [-0.1, -0.05) is 73.3 Å². The van der Waals surface area contributed by atoms with Gasteiger partial charge in [0.2, 0.25) is 0 Å². The average Bonchev–Trinajstić information content (AvgIpc) is 2.80. The monoisotopic (exact) mass is 451 g/mol. The number of hydrogen-bond acceptors (Lipinski definition) is 2. The first kappa shape index (κ1) is 23.1. The Morgan fingerprint density at radius 2 is 1.55 bits per heavy atom. The number of aliphatic hydroxyl groups is 1. The lowest BCUT2D eigenvalue weighted by Gasteiger charge is -2.40. The van der Waals surface area contributed by atoms with Gasteiger partial charge in [-0.15, -0.1) is 0 Å². The van der Waals surface area contributed by atoms with Crippen molar-refractivity contribution in [2.45, 2.75) is 38.0 Å². The summed E-state index contributed by atoms with van der Waals surface area (Å²) in [4.78, 5) is 2.33. The Kier molecular flexibility index (Phi) is 6.89. The Balaban J connectivity index is 1.54. The minimum absolute atomic E-state index is 0.0146. The van der Waals surface area contributed by atoms with E-state index >= 15 is 0 Å². The number of benzene rings is 3. The fraction of sp³-hybridized carbons (Fsp3) is 0.286. The summed E-state index contributed by atoms with van der Waals surface area (Å²) in [7, 11) is 0. The van der Waals surface area contributed by atoms with Gasteiger partial charge in [-0.2, -0.15) is 13.2 Å². The van der Waals surface area contributed by atoms with E-state index in [1.807, 2.05) is 18.2 Å². The number of piperidine rings is 1. The molecule has 0 spiro atoms. The summed E-state index contributed by atoms with van der Waals surface area (Å²) >= 11 is 0. The fourth-order valence-corrected chi connectivity index (χ4v) is 4.70. The molecule has 33 heavy (non-hydrogen) atoms. The average molecular weight is 452 g/mol. The molecule has 1 aliphatic rings. The summed E-state index contributed by atoms with van der Waals surface area (Å²) in [5, 5.41) is 9.68. The van der Waals surface area contributed by atoms with E-state index in [4.69, 9.17) is 0 Å². The van der Waals surface area contributed by atoms with E-state index < -0.39 is 11.7 Å². The highest BCUT2D eigenvalue weighted by atomic mass is 19.4. The van der Waals surface area contributed by atoms with Crippen LogP contribution in [0, 0.1) is 5.92 Å². The predicted octanol–water partition coefficient (Wildman–Crippen LogP) is 7.79. The van der Waals surface area contributed by atoms with Crippen LogP contribution in [-0.2, 0) is 12.7 Å². The maximum Gasteiger partial charge on any atom is 0.416 e. The van der Waals surface area contributed by atoms with E-state index in [1.54, 1.807) is 12.1 Å². The van der Waals surface area contributed by atoms with Gasteiger partial charge in [0.15, 0.2) is 0 Å². The summed E-state index contributed by atoms with van der Waals surface area (Å²) in [6.07, 6.45) is -2.13. The zero-order chi connectivity index (χ0) is 23.4. The third-order valence-corrected chi connectivity index (χ3v) is 6.42. The Morgan fingerprint density at radius 1 is 0.909 bits per heavy atom.